The summed E-state index contributed by atoms with van der Waals surface area (Å²) in [6.45, 7) is 3.98. The first-order valence-corrected chi connectivity index (χ1v) is 7.72. The van der Waals surface area contributed by atoms with E-state index >= 15 is 0 Å². The van der Waals surface area contributed by atoms with Crippen LogP contribution >= 0.6 is 0 Å². The topological polar surface area (TPSA) is 53.7 Å². The molecule has 0 radical (unpaired) electrons. The van der Waals surface area contributed by atoms with Gasteiger partial charge in [-0.05, 0) is 32.8 Å². The van der Waals surface area contributed by atoms with Crippen molar-refractivity contribution >= 4 is 0 Å². The Labute approximate surface area is 127 Å². The highest BCUT2D eigenvalue weighted by Crippen LogP contribution is 2.44. The van der Waals surface area contributed by atoms with Crippen molar-refractivity contribution in [3.8, 4) is 17.2 Å². The van der Waals surface area contributed by atoms with Gasteiger partial charge in [-0.2, -0.15) is 0 Å². The van der Waals surface area contributed by atoms with E-state index in [4.69, 9.17) is 19.9 Å². The molecule has 1 saturated carbocycles. The fourth-order valence-corrected chi connectivity index (χ4v) is 3.06. The lowest BCUT2D eigenvalue weighted by Crippen LogP contribution is -2.39. The molecule has 1 aromatic carbocycles. The zero-order valence-corrected chi connectivity index (χ0v) is 13.6. The molecule has 1 fully saturated rings. The number of ether oxygens (including phenoxy) is 3. The van der Waals surface area contributed by atoms with Gasteiger partial charge in [0.1, 0.15) is 5.75 Å². The molecule has 4 heteroatoms. The molecule has 1 aliphatic carbocycles. The van der Waals surface area contributed by atoms with Gasteiger partial charge in [0.2, 0.25) is 0 Å². The first kappa shape index (κ1) is 16.0. The van der Waals surface area contributed by atoms with Crippen LogP contribution in [0.25, 0.3) is 0 Å². The fourth-order valence-electron chi connectivity index (χ4n) is 3.06. The second-order valence-corrected chi connectivity index (χ2v) is 6.09. The Kier molecular flexibility index (Phi) is 4.99. The zero-order chi connectivity index (χ0) is 15.5. The van der Waals surface area contributed by atoms with Crippen molar-refractivity contribution in [3.63, 3.8) is 0 Å². The standard InChI is InChI=1S/C17H27NO3/c1-12(2)21-16-11-14(19-3)13(10-15(16)20-4)17(18)8-6-5-7-9-17/h10-12H,5-9,18H2,1-4H3. The molecule has 0 spiro atoms. The molecule has 0 amide bonds. The molecule has 21 heavy (non-hydrogen) atoms. The first-order chi connectivity index (χ1) is 10.00. The average Bonchev–Trinajstić information content (AvgIpc) is 2.46. The Hall–Kier alpha value is -1.42. The monoisotopic (exact) mass is 293 g/mol. The summed E-state index contributed by atoms with van der Waals surface area (Å²) in [5.41, 5.74) is 7.35. The van der Waals surface area contributed by atoms with Gasteiger partial charge < -0.3 is 19.9 Å². The summed E-state index contributed by atoms with van der Waals surface area (Å²) in [5.74, 6) is 2.21. The molecule has 0 aliphatic heterocycles. The Morgan fingerprint density at radius 2 is 1.57 bits per heavy atom. The summed E-state index contributed by atoms with van der Waals surface area (Å²) in [5, 5.41) is 0. The molecule has 1 aromatic rings. The SMILES string of the molecule is COc1cc(C2(N)CCCCC2)c(OC)cc1OC(C)C. The van der Waals surface area contributed by atoms with Crippen LogP contribution in [-0.4, -0.2) is 20.3 Å². The lowest BCUT2D eigenvalue weighted by atomic mass is 9.77. The van der Waals surface area contributed by atoms with Crippen LogP contribution in [0.15, 0.2) is 12.1 Å². The third-order valence-corrected chi connectivity index (χ3v) is 4.13. The van der Waals surface area contributed by atoms with Crippen LogP contribution in [0.4, 0.5) is 0 Å². The maximum atomic E-state index is 6.66. The van der Waals surface area contributed by atoms with E-state index < -0.39 is 0 Å². The van der Waals surface area contributed by atoms with Gasteiger partial charge in [0.25, 0.3) is 0 Å². The van der Waals surface area contributed by atoms with Gasteiger partial charge in [-0.1, -0.05) is 19.3 Å². The molecule has 0 heterocycles. The second-order valence-electron chi connectivity index (χ2n) is 6.09. The quantitative estimate of drug-likeness (QED) is 0.901. The van der Waals surface area contributed by atoms with E-state index in [-0.39, 0.29) is 11.6 Å². The fraction of sp³-hybridized carbons (Fsp3) is 0.647. The summed E-state index contributed by atoms with van der Waals surface area (Å²) < 4.78 is 16.9. The molecule has 1 aliphatic rings. The van der Waals surface area contributed by atoms with Crippen LogP contribution < -0.4 is 19.9 Å². The molecular formula is C17H27NO3. The highest BCUT2D eigenvalue weighted by molar-refractivity contribution is 5.53. The van der Waals surface area contributed by atoms with Crippen LogP contribution in [0, 0.1) is 0 Å². The number of benzene rings is 1. The van der Waals surface area contributed by atoms with Gasteiger partial charge >= 0.3 is 0 Å². The van der Waals surface area contributed by atoms with Gasteiger partial charge in [0.15, 0.2) is 11.5 Å². The molecule has 2 rings (SSSR count). The van der Waals surface area contributed by atoms with Crippen LogP contribution in [0.2, 0.25) is 0 Å². The van der Waals surface area contributed by atoms with E-state index in [2.05, 4.69) is 0 Å². The summed E-state index contributed by atoms with van der Waals surface area (Å²) in [4.78, 5) is 0. The summed E-state index contributed by atoms with van der Waals surface area (Å²) >= 11 is 0. The second kappa shape index (κ2) is 6.56. The molecule has 118 valence electrons. The van der Waals surface area contributed by atoms with Crippen molar-refractivity contribution in [3.05, 3.63) is 17.7 Å². The average molecular weight is 293 g/mol. The van der Waals surface area contributed by atoms with Crippen molar-refractivity contribution in [1.29, 1.82) is 0 Å². The van der Waals surface area contributed by atoms with Crippen molar-refractivity contribution in [1.82, 2.24) is 0 Å². The third-order valence-electron chi connectivity index (χ3n) is 4.13. The summed E-state index contributed by atoms with van der Waals surface area (Å²) in [7, 11) is 3.33. The lowest BCUT2D eigenvalue weighted by Gasteiger charge is -2.35. The van der Waals surface area contributed by atoms with Crippen molar-refractivity contribution < 1.29 is 14.2 Å². The van der Waals surface area contributed by atoms with Crippen LogP contribution in [0.1, 0.15) is 51.5 Å². The Balaban J connectivity index is 2.45. The van der Waals surface area contributed by atoms with E-state index in [0.29, 0.717) is 5.75 Å². The Morgan fingerprint density at radius 1 is 0.952 bits per heavy atom. The minimum atomic E-state index is -0.326. The number of hydrogen-bond acceptors (Lipinski definition) is 4. The number of hydrogen-bond donors (Lipinski definition) is 1. The van der Waals surface area contributed by atoms with E-state index in [1.165, 1.54) is 6.42 Å². The van der Waals surface area contributed by atoms with Gasteiger partial charge in [-0.25, -0.2) is 0 Å². The number of methoxy groups -OCH3 is 2. The third kappa shape index (κ3) is 3.43. The molecule has 0 saturated heterocycles. The highest BCUT2D eigenvalue weighted by Gasteiger charge is 2.33. The van der Waals surface area contributed by atoms with Crippen LogP contribution in [-0.2, 0) is 5.54 Å². The van der Waals surface area contributed by atoms with E-state index in [1.807, 2.05) is 26.0 Å². The normalized spacial score (nSPS) is 17.6. The maximum Gasteiger partial charge on any atom is 0.165 e. The predicted molar refractivity (Wildman–Crippen MR) is 84.3 cm³/mol. The van der Waals surface area contributed by atoms with E-state index in [0.717, 1.165) is 42.7 Å². The van der Waals surface area contributed by atoms with E-state index in [1.54, 1.807) is 14.2 Å². The molecule has 0 unspecified atom stereocenters. The van der Waals surface area contributed by atoms with Crippen LogP contribution in [0.3, 0.4) is 0 Å². The van der Waals surface area contributed by atoms with Crippen molar-refractivity contribution in [2.45, 2.75) is 57.6 Å². The van der Waals surface area contributed by atoms with Crippen molar-refractivity contribution in [2.75, 3.05) is 14.2 Å². The molecule has 2 N–H and O–H groups in total. The molecule has 4 nitrogen and oxygen atoms in total. The Morgan fingerprint density at radius 3 is 2.10 bits per heavy atom. The molecule has 0 atom stereocenters. The highest BCUT2D eigenvalue weighted by atomic mass is 16.5. The molecule has 0 bridgehead atoms. The smallest absolute Gasteiger partial charge is 0.165 e. The molecule has 0 aromatic heterocycles. The van der Waals surface area contributed by atoms with Crippen LogP contribution in [0.5, 0.6) is 17.2 Å². The summed E-state index contributed by atoms with van der Waals surface area (Å²) in [6.07, 6.45) is 5.62. The Bertz CT molecular complexity index is 479. The minimum Gasteiger partial charge on any atom is -0.496 e. The zero-order valence-electron chi connectivity index (χ0n) is 13.6. The van der Waals surface area contributed by atoms with Gasteiger partial charge in [0, 0.05) is 17.2 Å². The minimum absolute atomic E-state index is 0.0796. The van der Waals surface area contributed by atoms with Gasteiger partial charge in [-0.15, -0.1) is 0 Å². The summed E-state index contributed by atoms with van der Waals surface area (Å²) in [6, 6.07) is 3.89. The number of nitrogens with two attached hydrogens (primary N) is 1. The van der Waals surface area contributed by atoms with Gasteiger partial charge in [0.05, 0.1) is 20.3 Å². The number of rotatable bonds is 5. The molecular weight excluding hydrogens is 266 g/mol. The lowest BCUT2D eigenvalue weighted by molar-refractivity contribution is 0.227. The van der Waals surface area contributed by atoms with Gasteiger partial charge in [-0.3, -0.25) is 0 Å². The largest absolute Gasteiger partial charge is 0.496 e. The van der Waals surface area contributed by atoms with E-state index in [9.17, 15) is 0 Å². The predicted octanol–water partition coefficient (Wildman–Crippen LogP) is 3.61. The van der Waals surface area contributed by atoms with Crippen molar-refractivity contribution in [2.24, 2.45) is 5.73 Å². The maximum absolute atomic E-state index is 6.66. The first-order valence-electron chi connectivity index (χ1n) is 7.72.